The molecule has 7 nitrogen and oxygen atoms in total. The van der Waals surface area contributed by atoms with Gasteiger partial charge in [-0.25, -0.2) is 0 Å². The van der Waals surface area contributed by atoms with E-state index in [9.17, 15) is 9.59 Å². The molecule has 0 radical (unpaired) electrons. The summed E-state index contributed by atoms with van der Waals surface area (Å²) in [5.74, 6) is -1.27. The quantitative estimate of drug-likeness (QED) is 0.536. The lowest BCUT2D eigenvalue weighted by Gasteiger charge is -2.33. The number of aliphatic hydroxyl groups excluding tert-OH is 1. The number of nitrogen functional groups attached to an aromatic ring is 1. The van der Waals surface area contributed by atoms with Crippen LogP contribution >= 0.6 is 11.6 Å². The molecule has 1 aromatic rings. The molecule has 22 heavy (non-hydrogen) atoms. The third-order valence-electron chi connectivity index (χ3n) is 3.53. The Balaban J connectivity index is 1.90. The minimum absolute atomic E-state index is 0.0896. The molecule has 2 rings (SSSR count). The highest BCUT2D eigenvalue weighted by Crippen LogP contribution is 2.22. The summed E-state index contributed by atoms with van der Waals surface area (Å²) in [6.45, 7) is 2.90. The average Bonchev–Trinajstić information content (AvgIpc) is 2.51. The number of nitrogens with zero attached hydrogens (tertiary/aromatic N) is 2. The molecule has 4 N–H and O–H groups in total. The van der Waals surface area contributed by atoms with Gasteiger partial charge < -0.3 is 21.1 Å². The number of nitrogens with two attached hydrogens (primary N) is 1. The number of hydrogen-bond donors (Lipinski definition) is 3. The molecular weight excluding hydrogens is 308 g/mol. The van der Waals surface area contributed by atoms with Crippen molar-refractivity contribution in [3.05, 3.63) is 23.2 Å². The molecule has 0 saturated carbocycles. The number of β-amino-alcohol motifs (C(OH)–C–C–N with tert-alkyl or cyclic N) is 1. The Hall–Kier alpha value is -1.83. The van der Waals surface area contributed by atoms with Gasteiger partial charge in [0.1, 0.15) is 0 Å². The maximum absolute atomic E-state index is 12.1. The number of piperazine rings is 1. The highest BCUT2D eigenvalue weighted by molar-refractivity contribution is 6.40. The summed E-state index contributed by atoms with van der Waals surface area (Å²) >= 11 is 5.87. The van der Waals surface area contributed by atoms with Gasteiger partial charge in [-0.1, -0.05) is 11.6 Å². The van der Waals surface area contributed by atoms with E-state index in [1.54, 1.807) is 12.1 Å². The van der Waals surface area contributed by atoms with E-state index in [1.165, 1.54) is 11.0 Å². The van der Waals surface area contributed by atoms with Crippen LogP contribution < -0.4 is 11.1 Å². The number of rotatable bonds is 3. The highest BCUT2D eigenvalue weighted by Gasteiger charge is 2.25. The third-order valence-corrected chi connectivity index (χ3v) is 3.86. The summed E-state index contributed by atoms with van der Waals surface area (Å²) in [6.07, 6.45) is 0. The van der Waals surface area contributed by atoms with Crippen LogP contribution in [0.15, 0.2) is 18.2 Å². The smallest absolute Gasteiger partial charge is 0.313 e. The van der Waals surface area contributed by atoms with E-state index in [-0.39, 0.29) is 6.61 Å². The summed E-state index contributed by atoms with van der Waals surface area (Å²) < 4.78 is 0. The summed E-state index contributed by atoms with van der Waals surface area (Å²) in [4.78, 5) is 27.6. The average molecular weight is 327 g/mol. The Morgan fingerprint density at radius 3 is 2.55 bits per heavy atom. The van der Waals surface area contributed by atoms with Crippen LogP contribution in [0.3, 0.4) is 0 Å². The van der Waals surface area contributed by atoms with Gasteiger partial charge in [0.2, 0.25) is 0 Å². The van der Waals surface area contributed by atoms with Gasteiger partial charge in [-0.2, -0.15) is 0 Å². The lowest BCUT2D eigenvalue weighted by atomic mass is 10.2. The van der Waals surface area contributed by atoms with Crippen molar-refractivity contribution in [1.82, 2.24) is 9.80 Å². The zero-order chi connectivity index (χ0) is 16.1. The van der Waals surface area contributed by atoms with E-state index in [0.29, 0.717) is 49.1 Å². The fraction of sp³-hybridized carbons (Fsp3) is 0.429. The van der Waals surface area contributed by atoms with Crippen molar-refractivity contribution in [3.63, 3.8) is 0 Å². The molecule has 0 unspecified atom stereocenters. The second-order valence-electron chi connectivity index (χ2n) is 5.05. The number of nitrogens with one attached hydrogen (secondary N) is 1. The van der Waals surface area contributed by atoms with E-state index in [2.05, 4.69) is 5.32 Å². The van der Waals surface area contributed by atoms with Crippen molar-refractivity contribution in [1.29, 1.82) is 0 Å². The SMILES string of the molecule is Nc1ccc(NC(=O)C(=O)N2CCN(CCO)CC2)cc1Cl. The first-order valence-corrected chi connectivity index (χ1v) is 7.37. The minimum Gasteiger partial charge on any atom is -0.398 e. The number of halogens is 1. The van der Waals surface area contributed by atoms with Crippen LogP contribution in [0.25, 0.3) is 0 Å². The Labute approximate surface area is 133 Å². The summed E-state index contributed by atoms with van der Waals surface area (Å²) in [5, 5.41) is 11.7. The van der Waals surface area contributed by atoms with Crippen LogP contribution in [-0.2, 0) is 9.59 Å². The minimum atomic E-state index is -0.698. The van der Waals surface area contributed by atoms with Gasteiger partial charge in [-0.3, -0.25) is 14.5 Å². The van der Waals surface area contributed by atoms with Gasteiger partial charge in [0, 0.05) is 38.4 Å². The number of hydrogen-bond acceptors (Lipinski definition) is 5. The maximum Gasteiger partial charge on any atom is 0.313 e. The third kappa shape index (κ3) is 4.09. The van der Waals surface area contributed by atoms with Crippen molar-refractivity contribution in [3.8, 4) is 0 Å². The number of carbonyl (C=O) groups excluding carboxylic acids is 2. The lowest BCUT2D eigenvalue weighted by Crippen LogP contribution is -2.52. The molecule has 1 aromatic carbocycles. The van der Waals surface area contributed by atoms with Crippen molar-refractivity contribution in [2.75, 3.05) is 50.4 Å². The zero-order valence-corrected chi connectivity index (χ0v) is 12.8. The fourth-order valence-corrected chi connectivity index (χ4v) is 2.43. The Bertz CT molecular complexity index is 559. The van der Waals surface area contributed by atoms with E-state index in [0.717, 1.165) is 0 Å². The number of aliphatic hydroxyl groups is 1. The van der Waals surface area contributed by atoms with Crippen molar-refractivity contribution in [2.24, 2.45) is 0 Å². The molecule has 1 aliphatic heterocycles. The van der Waals surface area contributed by atoms with Gasteiger partial charge in [0.05, 0.1) is 17.3 Å². The van der Waals surface area contributed by atoms with Gasteiger partial charge in [0.25, 0.3) is 0 Å². The highest BCUT2D eigenvalue weighted by atomic mass is 35.5. The van der Waals surface area contributed by atoms with Crippen LogP contribution in [0, 0.1) is 0 Å². The summed E-state index contributed by atoms with van der Waals surface area (Å²) in [7, 11) is 0. The van der Waals surface area contributed by atoms with Crippen LogP contribution in [0.5, 0.6) is 0 Å². The van der Waals surface area contributed by atoms with Crippen LogP contribution in [0.2, 0.25) is 5.02 Å². The molecule has 0 aliphatic carbocycles. The molecule has 2 amide bonds. The standard InChI is InChI=1S/C14H19ClN4O3/c15-11-9-10(1-2-12(11)16)17-13(21)14(22)19-5-3-18(4-6-19)7-8-20/h1-2,9,20H,3-8,16H2,(H,17,21). The van der Waals surface area contributed by atoms with Gasteiger partial charge >= 0.3 is 11.8 Å². The topological polar surface area (TPSA) is 98.9 Å². The van der Waals surface area contributed by atoms with E-state index >= 15 is 0 Å². The van der Waals surface area contributed by atoms with Crippen molar-refractivity contribution in [2.45, 2.75) is 0 Å². The molecule has 1 saturated heterocycles. The summed E-state index contributed by atoms with van der Waals surface area (Å²) in [6, 6.07) is 4.66. The molecule has 1 fully saturated rings. The van der Waals surface area contributed by atoms with Crippen LogP contribution in [0.4, 0.5) is 11.4 Å². The molecule has 0 bridgehead atoms. The predicted molar refractivity (Wildman–Crippen MR) is 84.6 cm³/mol. The van der Waals surface area contributed by atoms with Gasteiger partial charge in [-0.05, 0) is 18.2 Å². The predicted octanol–water partition coefficient (Wildman–Crippen LogP) is -0.00280. The molecule has 8 heteroatoms. The number of amides is 2. The molecular formula is C14H19ClN4O3. The van der Waals surface area contributed by atoms with E-state index in [1.807, 2.05) is 4.90 Å². The molecule has 0 atom stereocenters. The van der Waals surface area contributed by atoms with E-state index < -0.39 is 11.8 Å². The monoisotopic (exact) mass is 326 g/mol. The normalized spacial score (nSPS) is 15.6. The second-order valence-corrected chi connectivity index (χ2v) is 5.46. The number of benzene rings is 1. The molecule has 0 spiro atoms. The zero-order valence-electron chi connectivity index (χ0n) is 12.1. The van der Waals surface area contributed by atoms with Gasteiger partial charge in [-0.15, -0.1) is 0 Å². The summed E-state index contributed by atoms with van der Waals surface area (Å²) in [5.41, 5.74) is 6.43. The fourth-order valence-electron chi connectivity index (χ4n) is 2.25. The lowest BCUT2D eigenvalue weighted by molar-refractivity contribution is -0.144. The van der Waals surface area contributed by atoms with Crippen molar-refractivity contribution >= 4 is 34.8 Å². The second kappa shape index (κ2) is 7.44. The van der Waals surface area contributed by atoms with Crippen LogP contribution in [0.1, 0.15) is 0 Å². The molecule has 1 heterocycles. The number of anilines is 2. The van der Waals surface area contributed by atoms with E-state index in [4.69, 9.17) is 22.4 Å². The van der Waals surface area contributed by atoms with Gasteiger partial charge in [0.15, 0.2) is 0 Å². The molecule has 120 valence electrons. The molecule has 1 aliphatic rings. The Kier molecular flexibility index (Phi) is 5.59. The molecule has 0 aromatic heterocycles. The largest absolute Gasteiger partial charge is 0.398 e. The Morgan fingerprint density at radius 2 is 1.95 bits per heavy atom. The maximum atomic E-state index is 12.1. The number of carbonyl (C=O) groups is 2. The first-order chi connectivity index (χ1) is 10.5. The first-order valence-electron chi connectivity index (χ1n) is 6.99. The first kappa shape index (κ1) is 16.5. The van der Waals surface area contributed by atoms with Crippen molar-refractivity contribution < 1.29 is 14.7 Å². The van der Waals surface area contributed by atoms with Crippen LogP contribution in [-0.4, -0.2) is 66.1 Å². The Morgan fingerprint density at radius 1 is 1.27 bits per heavy atom.